The van der Waals surface area contributed by atoms with Crippen LogP contribution in [0.4, 0.5) is 0 Å². The van der Waals surface area contributed by atoms with Gasteiger partial charge in [0.25, 0.3) is 11.7 Å². The maximum absolute atomic E-state index is 13.1. The molecule has 1 aliphatic rings. The molecule has 4 heterocycles. The molecule has 1 saturated heterocycles. The van der Waals surface area contributed by atoms with Crippen molar-refractivity contribution in [1.29, 1.82) is 0 Å². The van der Waals surface area contributed by atoms with Gasteiger partial charge in [-0.2, -0.15) is 0 Å². The Hall–Kier alpha value is -3.39. The SMILES string of the molecule is Cc1ccc(C2/C(=C(\O)c3c(C)nc4c(C)cccn34)C(=O)C(=O)N2CCN(C)C)o1. The standard InChI is InChI=1S/C23H26N4O4/c1-13-7-6-10-26-18(15(3)24-22(13)26)20(28)17-19(16-9-8-14(2)31-16)27(12-11-25(4)5)23(30)21(17)29/h6-10,19,28H,11-12H2,1-5H3/b20-17+. The third kappa shape index (κ3) is 3.42. The lowest BCUT2D eigenvalue weighted by Gasteiger charge is -2.24. The first-order valence-electron chi connectivity index (χ1n) is 10.1. The van der Waals surface area contributed by atoms with E-state index in [2.05, 4.69) is 4.98 Å². The maximum Gasteiger partial charge on any atom is 0.295 e. The van der Waals surface area contributed by atoms with Crippen molar-refractivity contribution in [1.82, 2.24) is 19.2 Å². The number of carbonyl (C=O) groups excluding carboxylic acids is 2. The second-order valence-electron chi connectivity index (χ2n) is 8.17. The predicted molar refractivity (Wildman–Crippen MR) is 116 cm³/mol. The van der Waals surface area contributed by atoms with Crippen LogP contribution >= 0.6 is 0 Å². The predicted octanol–water partition coefficient (Wildman–Crippen LogP) is 2.84. The number of aryl methyl sites for hydroxylation is 3. The summed E-state index contributed by atoms with van der Waals surface area (Å²) in [4.78, 5) is 34.0. The van der Waals surface area contributed by atoms with Gasteiger partial charge in [0.2, 0.25) is 0 Å². The van der Waals surface area contributed by atoms with Crippen LogP contribution in [0.15, 0.2) is 40.5 Å². The lowest BCUT2D eigenvalue weighted by Crippen LogP contribution is -2.35. The lowest BCUT2D eigenvalue weighted by atomic mass is 10.0. The molecule has 1 amide bonds. The zero-order chi connectivity index (χ0) is 22.4. The van der Waals surface area contributed by atoms with Crippen molar-refractivity contribution in [3.63, 3.8) is 0 Å². The number of ketones is 1. The summed E-state index contributed by atoms with van der Waals surface area (Å²) in [7, 11) is 3.79. The molecule has 0 radical (unpaired) electrons. The number of nitrogens with zero attached hydrogens (tertiary/aromatic N) is 4. The summed E-state index contributed by atoms with van der Waals surface area (Å²) in [6, 6.07) is 6.50. The molecule has 31 heavy (non-hydrogen) atoms. The van der Waals surface area contributed by atoms with Gasteiger partial charge in [-0.15, -0.1) is 0 Å². The van der Waals surface area contributed by atoms with E-state index >= 15 is 0 Å². The first kappa shape index (κ1) is 20.9. The normalized spacial score (nSPS) is 18.6. The molecule has 0 aliphatic carbocycles. The lowest BCUT2D eigenvalue weighted by molar-refractivity contribution is -0.140. The molecule has 8 heteroatoms. The van der Waals surface area contributed by atoms with E-state index in [0.717, 1.165) is 5.56 Å². The molecule has 162 valence electrons. The van der Waals surface area contributed by atoms with E-state index < -0.39 is 17.7 Å². The van der Waals surface area contributed by atoms with Crippen LogP contribution in [-0.4, -0.2) is 63.2 Å². The van der Waals surface area contributed by atoms with Gasteiger partial charge in [0.1, 0.15) is 28.9 Å². The first-order chi connectivity index (χ1) is 14.7. The molecule has 0 spiro atoms. The second-order valence-corrected chi connectivity index (χ2v) is 8.17. The smallest absolute Gasteiger partial charge is 0.295 e. The van der Waals surface area contributed by atoms with Gasteiger partial charge in [-0.25, -0.2) is 4.98 Å². The molecule has 3 aromatic heterocycles. The van der Waals surface area contributed by atoms with E-state index in [4.69, 9.17) is 4.42 Å². The number of aromatic nitrogens is 2. The summed E-state index contributed by atoms with van der Waals surface area (Å²) >= 11 is 0. The number of carbonyl (C=O) groups is 2. The number of aliphatic hydroxyl groups excluding tert-OH is 1. The van der Waals surface area contributed by atoms with Gasteiger partial charge < -0.3 is 19.3 Å². The number of hydrogen-bond donors (Lipinski definition) is 1. The highest BCUT2D eigenvalue weighted by molar-refractivity contribution is 6.46. The zero-order valence-electron chi connectivity index (χ0n) is 18.3. The van der Waals surface area contributed by atoms with Crippen LogP contribution in [0.25, 0.3) is 11.4 Å². The molecule has 1 unspecified atom stereocenters. The fraction of sp³-hybridized carbons (Fsp3) is 0.348. The van der Waals surface area contributed by atoms with Gasteiger partial charge in [0, 0.05) is 19.3 Å². The number of rotatable bonds is 5. The van der Waals surface area contributed by atoms with Crippen molar-refractivity contribution in [2.45, 2.75) is 26.8 Å². The number of aliphatic hydroxyl groups is 1. The third-order valence-corrected chi connectivity index (χ3v) is 5.60. The molecule has 1 aliphatic heterocycles. The van der Waals surface area contributed by atoms with Gasteiger partial charge in [0.05, 0.1) is 11.3 Å². The van der Waals surface area contributed by atoms with E-state index in [9.17, 15) is 14.7 Å². The Morgan fingerprint density at radius 2 is 1.94 bits per heavy atom. The molecule has 1 N–H and O–H groups in total. The second kappa shape index (κ2) is 7.70. The molecule has 1 fully saturated rings. The molecule has 1 atom stereocenters. The van der Waals surface area contributed by atoms with Gasteiger partial charge in [-0.05, 0) is 58.6 Å². The van der Waals surface area contributed by atoms with Crippen molar-refractivity contribution >= 4 is 23.1 Å². The summed E-state index contributed by atoms with van der Waals surface area (Å²) < 4.78 is 7.56. The minimum absolute atomic E-state index is 0.0181. The van der Waals surface area contributed by atoms with E-state index in [0.29, 0.717) is 41.6 Å². The van der Waals surface area contributed by atoms with Crippen molar-refractivity contribution in [2.75, 3.05) is 27.2 Å². The largest absolute Gasteiger partial charge is 0.505 e. The fourth-order valence-corrected chi connectivity index (χ4v) is 4.04. The summed E-state index contributed by atoms with van der Waals surface area (Å²) in [5.41, 5.74) is 2.62. The highest BCUT2D eigenvalue weighted by Gasteiger charge is 2.47. The number of imidazole rings is 1. The van der Waals surface area contributed by atoms with E-state index in [1.165, 1.54) is 4.90 Å². The Morgan fingerprint density at radius 3 is 2.58 bits per heavy atom. The Bertz CT molecular complexity index is 1220. The Morgan fingerprint density at radius 1 is 1.19 bits per heavy atom. The van der Waals surface area contributed by atoms with Crippen molar-refractivity contribution in [2.24, 2.45) is 0 Å². The summed E-state index contributed by atoms with van der Waals surface area (Å²) in [6.07, 6.45) is 1.78. The number of likely N-dealkylation sites (N-methyl/N-ethyl adjacent to an activating group) is 1. The molecular formula is C23H26N4O4. The molecule has 3 aromatic rings. The molecule has 4 rings (SSSR count). The van der Waals surface area contributed by atoms with E-state index in [1.54, 1.807) is 36.6 Å². The maximum atomic E-state index is 13.1. The van der Waals surface area contributed by atoms with Gasteiger partial charge in [-0.1, -0.05) is 6.07 Å². The molecule has 8 nitrogen and oxygen atoms in total. The Kier molecular flexibility index (Phi) is 5.18. The number of amides is 1. The zero-order valence-corrected chi connectivity index (χ0v) is 18.3. The van der Waals surface area contributed by atoms with Crippen LogP contribution in [-0.2, 0) is 9.59 Å². The van der Waals surface area contributed by atoms with Crippen LogP contribution in [0.1, 0.15) is 34.5 Å². The number of likely N-dealkylation sites (tertiary alicyclic amines) is 1. The number of fused-ring (bicyclic) bond motifs is 1. The fourth-order valence-electron chi connectivity index (χ4n) is 4.04. The monoisotopic (exact) mass is 422 g/mol. The van der Waals surface area contributed by atoms with Gasteiger partial charge in [0.15, 0.2) is 5.76 Å². The minimum Gasteiger partial charge on any atom is -0.505 e. The van der Waals surface area contributed by atoms with Crippen LogP contribution < -0.4 is 0 Å². The number of hydrogen-bond acceptors (Lipinski definition) is 6. The molecule has 0 saturated carbocycles. The average molecular weight is 422 g/mol. The number of furan rings is 1. The summed E-state index contributed by atoms with van der Waals surface area (Å²) in [6.45, 7) is 6.39. The third-order valence-electron chi connectivity index (χ3n) is 5.60. The van der Waals surface area contributed by atoms with Crippen LogP contribution in [0.3, 0.4) is 0 Å². The van der Waals surface area contributed by atoms with Gasteiger partial charge >= 0.3 is 0 Å². The molecule has 0 bridgehead atoms. The van der Waals surface area contributed by atoms with Crippen LogP contribution in [0.5, 0.6) is 0 Å². The number of pyridine rings is 1. The highest BCUT2D eigenvalue weighted by Crippen LogP contribution is 2.40. The van der Waals surface area contributed by atoms with E-state index in [1.807, 2.05) is 38.1 Å². The molecule has 0 aromatic carbocycles. The Labute approximate surface area is 180 Å². The highest BCUT2D eigenvalue weighted by atomic mass is 16.3. The quantitative estimate of drug-likeness (QED) is 0.386. The van der Waals surface area contributed by atoms with Gasteiger partial charge in [-0.3, -0.25) is 14.0 Å². The molecular weight excluding hydrogens is 396 g/mol. The average Bonchev–Trinajstić information content (AvgIpc) is 3.35. The van der Waals surface area contributed by atoms with Crippen LogP contribution in [0, 0.1) is 20.8 Å². The minimum atomic E-state index is -0.802. The summed E-state index contributed by atoms with van der Waals surface area (Å²) in [5.74, 6) is -0.516. The van der Waals surface area contributed by atoms with Crippen LogP contribution in [0.2, 0.25) is 0 Å². The van der Waals surface area contributed by atoms with Crippen molar-refractivity contribution < 1.29 is 19.1 Å². The topological polar surface area (TPSA) is 91.3 Å². The number of Topliss-reactive ketones (excluding diaryl/α,β-unsaturated/α-hetero) is 1. The van der Waals surface area contributed by atoms with E-state index in [-0.39, 0.29) is 11.3 Å². The van der Waals surface area contributed by atoms with Crippen molar-refractivity contribution in [3.8, 4) is 0 Å². The first-order valence-corrected chi connectivity index (χ1v) is 10.1. The summed E-state index contributed by atoms with van der Waals surface area (Å²) in [5, 5.41) is 11.4. The van der Waals surface area contributed by atoms with Crippen molar-refractivity contribution in [3.05, 3.63) is 64.5 Å². The Balaban J connectivity index is 1.93.